The van der Waals surface area contributed by atoms with Crippen molar-refractivity contribution in [2.24, 2.45) is 5.73 Å². The van der Waals surface area contributed by atoms with Crippen LogP contribution in [0.1, 0.15) is 16.8 Å². The summed E-state index contributed by atoms with van der Waals surface area (Å²) in [6.45, 7) is 0. The number of carboxylic acid groups (broad SMARTS) is 1. The molecule has 0 aliphatic heterocycles. The van der Waals surface area contributed by atoms with Crippen molar-refractivity contribution in [3.05, 3.63) is 59.7 Å². The van der Waals surface area contributed by atoms with E-state index in [-0.39, 0.29) is 16.5 Å². The second-order valence-corrected chi connectivity index (χ2v) is 8.61. The lowest BCUT2D eigenvalue weighted by Crippen LogP contribution is -2.44. The SMILES string of the molecule is Nc1nc(Nc2ccc(S(=O)(=O)NC(=O)[C@@H](N)CC(=O)O)cc2)nn1C(=O)c1c(F)cccc1F. The van der Waals surface area contributed by atoms with Crippen LogP contribution in [-0.4, -0.2) is 52.1 Å². The number of sulfonamides is 1. The van der Waals surface area contributed by atoms with Crippen LogP contribution in [0.25, 0.3) is 0 Å². The monoisotopic (exact) mass is 509 g/mol. The van der Waals surface area contributed by atoms with Crippen LogP contribution in [0.3, 0.4) is 0 Å². The number of anilines is 3. The van der Waals surface area contributed by atoms with Crippen molar-refractivity contribution in [3.8, 4) is 0 Å². The highest BCUT2D eigenvalue weighted by molar-refractivity contribution is 7.90. The molecule has 0 saturated heterocycles. The fourth-order valence-corrected chi connectivity index (χ4v) is 3.76. The summed E-state index contributed by atoms with van der Waals surface area (Å²) in [6.07, 6.45) is -0.765. The van der Waals surface area contributed by atoms with E-state index in [9.17, 15) is 31.6 Å². The number of hydrogen-bond donors (Lipinski definition) is 5. The fraction of sp³-hybridized carbons (Fsp3) is 0.105. The summed E-state index contributed by atoms with van der Waals surface area (Å²) < 4.78 is 54.6. The normalized spacial score (nSPS) is 12.1. The summed E-state index contributed by atoms with van der Waals surface area (Å²) in [5, 5.41) is 15.0. The van der Waals surface area contributed by atoms with Crippen molar-refractivity contribution in [1.82, 2.24) is 19.5 Å². The molecule has 7 N–H and O–H groups in total. The van der Waals surface area contributed by atoms with Gasteiger partial charge in [0, 0.05) is 5.69 Å². The van der Waals surface area contributed by atoms with Crippen LogP contribution in [0.5, 0.6) is 0 Å². The van der Waals surface area contributed by atoms with Gasteiger partial charge in [0.05, 0.1) is 17.4 Å². The third-order valence-corrected chi connectivity index (χ3v) is 5.75. The Morgan fingerprint density at radius 2 is 1.69 bits per heavy atom. The van der Waals surface area contributed by atoms with E-state index in [1.165, 1.54) is 12.1 Å². The van der Waals surface area contributed by atoms with Crippen LogP contribution in [0, 0.1) is 11.6 Å². The molecule has 0 radical (unpaired) electrons. The molecule has 1 heterocycles. The number of aromatic nitrogens is 3. The summed E-state index contributed by atoms with van der Waals surface area (Å²) in [4.78, 5) is 38.3. The number of hydrogen-bond acceptors (Lipinski definition) is 10. The average molecular weight is 509 g/mol. The maximum absolute atomic E-state index is 13.9. The molecule has 0 aliphatic carbocycles. The summed E-state index contributed by atoms with van der Waals surface area (Å²) in [5.41, 5.74) is 10.3. The van der Waals surface area contributed by atoms with Gasteiger partial charge in [-0.2, -0.15) is 9.67 Å². The predicted octanol–water partition coefficient (Wildman–Crippen LogP) is 0.177. The molecule has 0 bridgehead atoms. The van der Waals surface area contributed by atoms with E-state index in [0.717, 1.165) is 30.3 Å². The van der Waals surface area contributed by atoms with Gasteiger partial charge < -0.3 is 21.9 Å². The number of halogens is 2. The van der Waals surface area contributed by atoms with Gasteiger partial charge in [-0.1, -0.05) is 6.07 Å². The third-order valence-electron chi connectivity index (χ3n) is 4.39. The van der Waals surface area contributed by atoms with E-state index in [0.29, 0.717) is 4.68 Å². The van der Waals surface area contributed by atoms with Gasteiger partial charge in [0.15, 0.2) is 0 Å². The Labute approximate surface area is 195 Å². The van der Waals surface area contributed by atoms with Crippen LogP contribution >= 0.6 is 0 Å². The predicted molar refractivity (Wildman–Crippen MR) is 116 cm³/mol. The fourth-order valence-electron chi connectivity index (χ4n) is 2.73. The molecule has 2 aromatic carbocycles. The lowest BCUT2D eigenvalue weighted by Gasteiger charge is -2.11. The highest BCUT2D eigenvalue weighted by Gasteiger charge is 2.25. The van der Waals surface area contributed by atoms with Crippen LogP contribution in [-0.2, 0) is 19.6 Å². The smallest absolute Gasteiger partial charge is 0.305 e. The molecule has 0 spiro atoms. The third kappa shape index (κ3) is 5.74. The second kappa shape index (κ2) is 9.82. The van der Waals surface area contributed by atoms with Crippen molar-refractivity contribution in [3.63, 3.8) is 0 Å². The molecule has 0 aliphatic rings. The number of nitrogens with one attached hydrogen (secondary N) is 2. The largest absolute Gasteiger partial charge is 0.481 e. The van der Waals surface area contributed by atoms with Crippen LogP contribution < -0.4 is 21.5 Å². The standard InChI is InChI=1S/C19H17F2N7O6S/c20-11-2-1-3-12(21)15(11)17(32)28-18(23)25-19(26-28)24-9-4-6-10(7-5-9)35(33,34)27-16(31)13(22)8-14(29)30/h1-7,13H,8,22H2,(H,27,31)(H,29,30)(H3,23,24,25,26)/t13-/m0/s1. The molecule has 1 amide bonds. The lowest BCUT2D eigenvalue weighted by atomic mass is 10.2. The van der Waals surface area contributed by atoms with Crippen molar-refractivity contribution in [1.29, 1.82) is 0 Å². The first-order valence-corrected chi connectivity index (χ1v) is 11.0. The van der Waals surface area contributed by atoms with E-state index in [4.69, 9.17) is 16.6 Å². The number of nitrogen functional groups attached to an aromatic ring is 1. The molecule has 0 fully saturated rings. The van der Waals surface area contributed by atoms with E-state index < -0.39 is 63.4 Å². The lowest BCUT2D eigenvalue weighted by molar-refractivity contribution is -0.139. The second-order valence-electron chi connectivity index (χ2n) is 6.93. The first-order chi connectivity index (χ1) is 16.4. The number of nitrogens with zero attached hydrogens (tertiary/aromatic N) is 3. The Hall–Kier alpha value is -4.44. The maximum Gasteiger partial charge on any atom is 0.305 e. The molecule has 1 atom stereocenters. The molecule has 1 aromatic heterocycles. The summed E-state index contributed by atoms with van der Waals surface area (Å²) in [5.74, 6) is -6.72. The Morgan fingerprint density at radius 1 is 1.09 bits per heavy atom. The van der Waals surface area contributed by atoms with Crippen molar-refractivity contribution >= 4 is 45.4 Å². The molecular formula is C19H17F2N7O6S. The number of carboxylic acids is 1. The van der Waals surface area contributed by atoms with Gasteiger partial charge in [0.2, 0.25) is 11.9 Å². The Balaban J connectivity index is 1.74. The molecule has 13 nitrogen and oxygen atoms in total. The number of carbonyl (C=O) groups excluding carboxylic acids is 2. The summed E-state index contributed by atoms with van der Waals surface area (Å²) >= 11 is 0. The van der Waals surface area contributed by atoms with E-state index in [1.54, 1.807) is 4.72 Å². The molecule has 35 heavy (non-hydrogen) atoms. The number of amides is 1. The van der Waals surface area contributed by atoms with Gasteiger partial charge in [-0.3, -0.25) is 14.4 Å². The van der Waals surface area contributed by atoms with Gasteiger partial charge in [-0.05, 0) is 36.4 Å². The quantitative estimate of drug-likeness (QED) is 0.276. The van der Waals surface area contributed by atoms with Crippen LogP contribution in [0.4, 0.5) is 26.4 Å². The molecule has 184 valence electrons. The summed E-state index contributed by atoms with van der Waals surface area (Å²) in [7, 11) is -4.35. The molecule has 3 rings (SSSR count). The highest BCUT2D eigenvalue weighted by Crippen LogP contribution is 2.20. The number of carbonyl (C=O) groups is 3. The Morgan fingerprint density at radius 3 is 2.26 bits per heavy atom. The van der Waals surface area contributed by atoms with Crippen LogP contribution in [0.2, 0.25) is 0 Å². The van der Waals surface area contributed by atoms with Crippen LogP contribution in [0.15, 0.2) is 47.4 Å². The van der Waals surface area contributed by atoms with Crippen molar-refractivity contribution in [2.75, 3.05) is 11.1 Å². The number of nitrogens with two attached hydrogens (primary N) is 2. The number of aliphatic carboxylic acids is 1. The topological polar surface area (TPSA) is 212 Å². The van der Waals surface area contributed by atoms with Crippen molar-refractivity contribution < 1.29 is 36.7 Å². The minimum absolute atomic E-state index is 0.222. The first-order valence-electron chi connectivity index (χ1n) is 9.51. The molecule has 16 heteroatoms. The summed E-state index contributed by atoms with van der Waals surface area (Å²) in [6, 6.07) is 5.99. The highest BCUT2D eigenvalue weighted by atomic mass is 32.2. The van der Waals surface area contributed by atoms with Gasteiger partial charge in [-0.25, -0.2) is 21.9 Å². The Kier molecular flexibility index (Phi) is 7.06. The van der Waals surface area contributed by atoms with E-state index in [2.05, 4.69) is 15.4 Å². The zero-order valence-corrected chi connectivity index (χ0v) is 18.3. The minimum Gasteiger partial charge on any atom is -0.481 e. The molecule has 0 saturated carbocycles. The molecular weight excluding hydrogens is 492 g/mol. The van der Waals surface area contributed by atoms with Gasteiger partial charge in [0.25, 0.3) is 21.8 Å². The minimum atomic E-state index is -4.35. The van der Waals surface area contributed by atoms with E-state index >= 15 is 0 Å². The molecule has 3 aromatic rings. The van der Waals surface area contributed by atoms with Gasteiger partial charge >= 0.3 is 5.97 Å². The molecule has 0 unspecified atom stereocenters. The first kappa shape index (κ1) is 25.2. The Bertz CT molecular complexity index is 1390. The van der Waals surface area contributed by atoms with Gasteiger partial charge in [-0.15, -0.1) is 5.10 Å². The van der Waals surface area contributed by atoms with Crippen molar-refractivity contribution in [2.45, 2.75) is 17.4 Å². The van der Waals surface area contributed by atoms with Gasteiger partial charge in [0.1, 0.15) is 17.2 Å². The number of benzene rings is 2. The van der Waals surface area contributed by atoms with E-state index in [1.807, 2.05) is 0 Å². The average Bonchev–Trinajstić information content (AvgIpc) is 3.13. The zero-order valence-electron chi connectivity index (χ0n) is 17.5. The maximum atomic E-state index is 13.9. The number of rotatable bonds is 8. The zero-order chi connectivity index (χ0) is 25.9.